The van der Waals surface area contributed by atoms with Crippen molar-refractivity contribution in [3.63, 3.8) is 0 Å². The molecule has 0 saturated heterocycles. The number of alkyl halides is 3. The topological polar surface area (TPSA) is 107 Å². The van der Waals surface area contributed by atoms with Gasteiger partial charge in [-0.05, 0) is 42.2 Å². The molecule has 1 unspecified atom stereocenters. The summed E-state index contributed by atoms with van der Waals surface area (Å²) < 4.78 is 96.3. The van der Waals surface area contributed by atoms with Gasteiger partial charge in [-0.2, -0.15) is 13.2 Å². The molecule has 0 aliphatic carbocycles. The van der Waals surface area contributed by atoms with E-state index >= 15 is 0 Å². The van der Waals surface area contributed by atoms with Crippen LogP contribution in [0.1, 0.15) is 45.6 Å². The van der Waals surface area contributed by atoms with Gasteiger partial charge in [-0.3, -0.25) is 9.59 Å². The minimum atomic E-state index is -4.92. The predicted molar refractivity (Wildman–Crippen MR) is 123 cm³/mol. The molecule has 14 heteroatoms. The van der Waals surface area contributed by atoms with Crippen molar-refractivity contribution in [3.05, 3.63) is 88.0 Å². The number of nitrogens with two attached hydrogens (primary N) is 2. The van der Waals surface area contributed by atoms with Gasteiger partial charge in [0, 0.05) is 31.6 Å². The summed E-state index contributed by atoms with van der Waals surface area (Å²) >= 11 is 0. The lowest BCUT2D eigenvalue weighted by molar-refractivity contribution is -0.148. The molecule has 2 amide bonds. The van der Waals surface area contributed by atoms with E-state index in [2.05, 4.69) is 4.98 Å². The summed E-state index contributed by atoms with van der Waals surface area (Å²) in [6, 6.07) is 3.75. The molecule has 4 N–H and O–H groups in total. The zero-order valence-electron chi connectivity index (χ0n) is 20.1. The van der Waals surface area contributed by atoms with Crippen molar-refractivity contribution in [3.8, 4) is 0 Å². The molecule has 7 nitrogen and oxygen atoms in total. The van der Waals surface area contributed by atoms with Crippen LogP contribution >= 0.6 is 0 Å². The van der Waals surface area contributed by atoms with Crippen LogP contribution in [0.5, 0.6) is 0 Å². The Hall–Kier alpha value is -3.94. The number of aromatic nitrogens is 2. The molecular formula is C25H22F7N5O2. The maximum absolute atomic E-state index is 14.1. The van der Waals surface area contributed by atoms with E-state index in [1.807, 2.05) is 0 Å². The van der Waals surface area contributed by atoms with E-state index in [-0.39, 0.29) is 37.2 Å². The summed E-state index contributed by atoms with van der Waals surface area (Å²) in [5.74, 6) is -7.56. The van der Waals surface area contributed by atoms with Crippen molar-refractivity contribution < 1.29 is 40.3 Å². The fourth-order valence-corrected chi connectivity index (χ4v) is 4.70. The number of amides is 2. The van der Waals surface area contributed by atoms with E-state index in [9.17, 15) is 40.3 Å². The van der Waals surface area contributed by atoms with E-state index in [0.717, 1.165) is 16.7 Å². The first-order chi connectivity index (χ1) is 18.3. The highest BCUT2D eigenvalue weighted by molar-refractivity contribution is 5.92. The quantitative estimate of drug-likeness (QED) is 0.342. The van der Waals surface area contributed by atoms with Crippen LogP contribution in [0.2, 0.25) is 0 Å². The third kappa shape index (κ3) is 5.90. The first kappa shape index (κ1) is 28.1. The van der Waals surface area contributed by atoms with Gasteiger partial charge < -0.3 is 20.9 Å². The van der Waals surface area contributed by atoms with Crippen molar-refractivity contribution in [1.82, 2.24) is 14.5 Å². The largest absolute Gasteiger partial charge is 0.449 e. The van der Waals surface area contributed by atoms with Crippen LogP contribution < -0.4 is 11.5 Å². The van der Waals surface area contributed by atoms with Crippen molar-refractivity contribution in [1.29, 1.82) is 0 Å². The summed E-state index contributed by atoms with van der Waals surface area (Å²) in [7, 11) is 0. The molecular weight excluding hydrogens is 535 g/mol. The molecule has 1 aliphatic rings. The van der Waals surface area contributed by atoms with E-state index in [0.29, 0.717) is 17.7 Å². The van der Waals surface area contributed by atoms with Gasteiger partial charge >= 0.3 is 6.18 Å². The first-order valence-electron chi connectivity index (χ1n) is 11.7. The highest BCUT2D eigenvalue weighted by Gasteiger charge is 2.44. The number of primary amides is 1. The smallest absolute Gasteiger partial charge is 0.364 e. The van der Waals surface area contributed by atoms with Crippen LogP contribution in [0, 0.1) is 23.3 Å². The Bertz CT molecular complexity index is 1410. The van der Waals surface area contributed by atoms with Crippen LogP contribution in [0.3, 0.4) is 0 Å². The molecule has 0 bridgehead atoms. The van der Waals surface area contributed by atoms with E-state index in [4.69, 9.17) is 11.5 Å². The molecule has 4 rings (SSSR count). The lowest BCUT2D eigenvalue weighted by Gasteiger charge is -2.38. The number of nitrogens with zero attached hydrogens (tertiary/aromatic N) is 3. The van der Waals surface area contributed by atoms with Crippen LogP contribution in [0.4, 0.5) is 30.7 Å². The summed E-state index contributed by atoms with van der Waals surface area (Å²) in [6.45, 7) is -0.606. The van der Waals surface area contributed by atoms with Crippen LogP contribution in [-0.2, 0) is 30.4 Å². The summed E-state index contributed by atoms with van der Waals surface area (Å²) in [5.41, 5.74) is 10.6. The maximum atomic E-state index is 14.1. The van der Waals surface area contributed by atoms with Gasteiger partial charge in [-0.1, -0.05) is 12.1 Å². The number of halogens is 7. The van der Waals surface area contributed by atoms with E-state index < -0.39 is 71.3 Å². The van der Waals surface area contributed by atoms with Gasteiger partial charge in [0.25, 0.3) is 5.91 Å². The summed E-state index contributed by atoms with van der Waals surface area (Å²) in [6.07, 6.45) is -5.83. The Morgan fingerprint density at radius 1 is 1.00 bits per heavy atom. The molecule has 208 valence electrons. The Labute approximate surface area is 217 Å². The third-order valence-corrected chi connectivity index (χ3v) is 6.42. The van der Waals surface area contributed by atoms with Crippen LogP contribution in [0.15, 0.2) is 36.4 Å². The average Bonchev–Trinajstić information content (AvgIpc) is 3.25. The Balaban J connectivity index is 1.67. The highest BCUT2D eigenvalue weighted by atomic mass is 19.4. The third-order valence-electron chi connectivity index (χ3n) is 6.42. The molecule has 0 saturated carbocycles. The van der Waals surface area contributed by atoms with Crippen molar-refractivity contribution in [2.75, 3.05) is 6.54 Å². The second-order valence-corrected chi connectivity index (χ2v) is 9.14. The average molecular weight is 557 g/mol. The number of imidazole rings is 1. The van der Waals surface area contributed by atoms with Crippen molar-refractivity contribution >= 4 is 11.8 Å². The van der Waals surface area contributed by atoms with Crippen LogP contribution in [0.25, 0.3) is 0 Å². The molecule has 2 aromatic carbocycles. The minimum absolute atomic E-state index is 0.123. The molecule has 0 radical (unpaired) electrons. The molecule has 2 heterocycles. The normalized spacial score (nSPS) is 16.2. The highest BCUT2D eigenvalue weighted by Crippen LogP contribution is 2.38. The second-order valence-electron chi connectivity index (χ2n) is 9.14. The monoisotopic (exact) mass is 557 g/mol. The van der Waals surface area contributed by atoms with Gasteiger partial charge in [-0.15, -0.1) is 0 Å². The van der Waals surface area contributed by atoms with Crippen LogP contribution in [-0.4, -0.2) is 38.9 Å². The number of carbonyl (C=O) groups is 2. The Morgan fingerprint density at radius 3 is 2.26 bits per heavy atom. The number of carbonyl (C=O) groups excluding carboxylic acids is 2. The SMILES string of the molecule is NC(=O)c1nc(C(F)(F)F)n2c1C(Cc1ccc(F)cc1)N(C(=O)C[C@H](N)Cc1cc(F)c(F)cc1F)CC2. The van der Waals surface area contributed by atoms with Crippen molar-refractivity contribution in [2.24, 2.45) is 11.5 Å². The lowest BCUT2D eigenvalue weighted by Crippen LogP contribution is -2.46. The fraction of sp³-hybridized carbons (Fsp3) is 0.320. The fourth-order valence-electron chi connectivity index (χ4n) is 4.70. The first-order valence-corrected chi connectivity index (χ1v) is 11.7. The molecule has 39 heavy (non-hydrogen) atoms. The molecule has 1 aliphatic heterocycles. The number of fused-ring (bicyclic) bond motifs is 1. The second kappa shape index (κ2) is 10.7. The summed E-state index contributed by atoms with van der Waals surface area (Å²) in [4.78, 5) is 30.1. The number of rotatable bonds is 7. The van der Waals surface area contributed by atoms with E-state index in [1.165, 1.54) is 17.0 Å². The zero-order valence-corrected chi connectivity index (χ0v) is 20.1. The Kier molecular flexibility index (Phi) is 7.68. The predicted octanol–water partition coefficient (Wildman–Crippen LogP) is 3.64. The van der Waals surface area contributed by atoms with Gasteiger partial charge in [0.1, 0.15) is 11.6 Å². The molecule has 3 aromatic rings. The molecule has 1 aromatic heterocycles. The van der Waals surface area contributed by atoms with Gasteiger partial charge in [0.2, 0.25) is 11.7 Å². The summed E-state index contributed by atoms with van der Waals surface area (Å²) in [5, 5.41) is 0. The maximum Gasteiger partial charge on any atom is 0.449 e. The van der Waals surface area contributed by atoms with Crippen molar-refractivity contribution in [2.45, 2.75) is 44.1 Å². The van der Waals surface area contributed by atoms with E-state index in [1.54, 1.807) is 0 Å². The molecule has 2 atom stereocenters. The Morgan fingerprint density at radius 2 is 1.64 bits per heavy atom. The minimum Gasteiger partial charge on any atom is -0.364 e. The number of hydrogen-bond acceptors (Lipinski definition) is 4. The van der Waals surface area contributed by atoms with Gasteiger partial charge in [0.05, 0.1) is 11.7 Å². The lowest BCUT2D eigenvalue weighted by atomic mass is 9.96. The standard InChI is InChI=1S/C25H22F7N5O2/c26-14-3-1-12(2-4-14)7-19-22-21(23(34)39)35-24(25(30,31)32)37(22)6-5-36(19)20(38)10-15(33)8-13-9-17(28)18(29)11-16(13)27/h1-4,9,11,15,19H,5-8,10,33H2,(H2,34,39)/t15-,19?/m1/s1. The number of benzene rings is 2. The van der Waals surface area contributed by atoms with Gasteiger partial charge in [-0.25, -0.2) is 22.5 Å². The molecule has 0 spiro atoms. The van der Waals surface area contributed by atoms with Gasteiger partial charge in [0.15, 0.2) is 17.3 Å². The molecule has 0 fully saturated rings. The zero-order chi connectivity index (χ0) is 28.6. The number of hydrogen-bond donors (Lipinski definition) is 2.